The summed E-state index contributed by atoms with van der Waals surface area (Å²) in [4.78, 5) is 5.66. The lowest BCUT2D eigenvalue weighted by molar-refractivity contribution is 0.627. The number of nitrogens with one attached hydrogen (secondary N) is 1. The van der Waals surface area contributed by atoms with Gasteiger partial charge in [0.05, 0.1) is 7.05 Å². The molecule has 3 N–H and O–H groups in total. The van der Waals surface area contributed by atoms with Crippen molar-refractivity contribution in [2.45, 2.75) is 33.2 Å². The molecule has 7 nitrogen and oxygen atoms in total. The first-order valence-electron chi connectivity index (χ1n) is 7.04. The zero-order chi connectivity index (χ0) is 15.2. The SMILES string of the molecule is CCc1cccc(CC)c1NC(N)=NCc1nnn(C)n1. The van der Waals surface area contributed by atoms with E-state index in [0.717, 1.165) is 18.5 Å². The summed E-state index contributed by atoms with van der Waals surface area (Å²) in [6.45, 7) is 4.55. The molecule has 0 aliphatic rings. The quantitative estimate of drug-likeness (QED) is 0.638. The number of hydrogen-bond donors (Lipinski definition) is 2. The molecule has 0 atom stereocenters. The molecule has 0 saturated carbocycles. The van der Waals surface area contributed by atoms with Crippen molar-refractivity contribution < 1.29 is 0 Å². The average Bonchev–Trinajstić information content (AvgIpc) is 2.91. The summed E-state index contributed by atoms with van der Waals surface area (Å²) in [6, 6.07) is 6.26. The van der Waals surface area contributed by atoms with Gasteiger partial charge in [-0.2, -0.15) is 4.80 Å². The van der Waals surface area contributed by atoms with Gasteiger partial charge >= 0.3 is 0 Å². The van der Waals surface area contributed by atoms with Crippen LogP contribution in [0.3, 0.4) is 0 Å². The fourth-order valence-corrected chi connectivity index (χ4v) is 2.11. The van der Waals surface area contributed by atoms with Crippen molar-refractivity contribution in [3.8, 4) is 0 Å². The van der Waals surface area contributed by atoms with E-state index in [1.807, 2.05) is 0 Å². The lowest BCUT2D eigenvalue weighted by atomic mass is 10.0. The first-order chi connectivity index (χ1) is 10.1. The number of nitrogens with zero attached hydrogens (tertiary/aromatic N) is 5. The Morgan fingerprint density at radius 2 is 1.95 bits per heavy atom. The number of benzene rings is 1. The van der Waals surface area contributed by atoms with Gasteiger partial charge in [-0.1, -0.05) is 32.0 Å². The number of aliphatic imine (C=N–C) groups is 1. The molecule has 0 aliphatic heterocycles. The molecule has 7 heteroatoms. The maximum absolute atomic E-state index is 5.96. The van der Waals surface area contributed by atoms with Crippen LogP contribution in [-0.4, -0.2) is 26.2 Å². The molecule has 0 aliphatic carbocycles. The fourth-order valence-electron chi connectivity index (χ4n) is 2.11. The minimum atomic E-state index is 0.308. The van der Waals surface area contributed by atoms with Gasteiger partial charge in [0.1, 0.15) is 6.54 Å². The van der Waals surface area contributed by atoms with E-state index in [0.29, 0.717) is 18.3 Å². The summed E-state index contributed by atoms with van der Waals surface area (Å²) in [6.07, 6.45) is 1.88. The van der Waals surface area contributed by atoms with Crippen LogP contribution in [0.2, 0.25) is 0 Å². The number of rotatable bonds is 5. The van der Waals surface area contributed by atoms with Gasteiger partial charge in [0.2, 0.25) is 0 Å². The minimum absolute atomic E-state index is 0.308. The van der Waals surface area contributed by atoms with Crippen LogP contribution in [0.25, 0.3) is 0 Å². The molecule has 1 heterocycles. The van der Waals surface area contributed by atoms with Crippen molar-refractivity contribution in [2.75, 3.05) is 5.32 Å². The minimum Gasteiger partial charge on any atom is -0.370 e. The lowest BCUT2D eigenvalue weighted by Gasteiger charge is -2.14. The van der Waals surface area contributed by atoms with Gasteiger partial charge in [-0.3, -0.25) is 0 Å². The summed E-state index contributed by atoms with van der Waals surface area (Å²) in [7, 11) is 1.72. The van der Waals surface area contributed by atoms with E-state index in [2.05, 4.69) is 57.8 Å². The number of nitrogens with two attached hydrogens (primary N) is 1. The average molecular weight is 287 g/mol. The second-order valence-electron chi connectivity index (χ2n) is 4.68. The van der Waals surface area contributed by atoms with Crippen LogP contribution < -0.4 is 11.1 Å². The molecule has 1 aromatic carbocycles. The number of aryl methyl sites for hydroxylation is 3. The Kier molecular flexibility index (Phi) is 4.86. The van der Waals surface area contributed by atoms with Crippen LogP contribution in [-0.2, 0) is 26.4 Å². The van der Waals surface area contributed by atoms with Crippen LogP contribution in [0.5, 0.6) is 0 Å². The van der Waals surface area contributed by atoms with Gasteiger partial charge in [-0.15, -0.1) is 10.2 Å². The molecule has 0 unspecified atom stereocenters. The maximum atomic E-state index is 5.96. The van der Waals surface area contributed by atoms with Crippen LogP contribution in [0, 0.1) is 0 Å². The largest absolute Gasteiger partial charge is 0.370 e. The van der Waals surface area contributed by atoms with Crippen molar-refractivity contribution in [1.29, 1.82) is 0 Å². The van der Waals surface area contributed by atoms with E-state index in [1.165, 1.54) is 15.9 Å². The van der Waals surface area contributed by atoms with Gasteiger partial charge in [0.15, 0.2) is 11.8 Å². The number of guanidine groups is 1. The third-order valence-electron chi connectivity index (χ3n) is 3.19. The molecule has 0 spiro atoms. The Morgan fingerprint density at radius 1 is 1.29 bits per heavy atom. The Bertz CT molecular complexity index is 608. The highest BCUT2D eigenvalue weighted by Gasteiger charge is 2.07. The summed E-state index contributed by atoms with van der Waals surface area (Å²) in [5.41, 5.74) is 9.47. The van der Waals surface area contributed by atoms with Crippen molar-refractivity contribution in [1.82, 2.24) is 20.2 Å². The van der Waals surface area contributed by atoms with Crippen molar-refractivity contribution in [2.24, 2.45) is 17.8 Å². The monoisotopic (exact) mass is 287 g/mol. The number of para-hydroxylation sites is 1. The molecular formula is C14H21N7. The Morgan fingerprint density at radius 3 is 2.48 bits per heavy atom. The van der Waals surface area contributed by atoms with Crippen molar-refractivity contribution >= 4 is 11.6 Å². The van der Waals surface area contributed by atoms with E-state index in [9.17, 15) is 0 Å². The third-order valence-corrected chi connectivity index (χ3v) is 3.19. The third kappa shape index (κ3) is 3.77. The molecule has 0 saturated heterocycles. The topological polar surface area (TPSA) is 94.0 Å². The number of aromatic nitrogens is 4. The summed E-state index contributed by atoms with van der Waals surface area (Å²) in [5.74, 6) is 0.903. The summed E-state index contributed by atoms with van der Waals surface area (Å²) in [5, 5.41) is 14.9. The summed E-state index contributed by atoms with van der Waals surface area (Å²) < 4.78 is 0. The van der Waals surface area contributed by atoms with E-state index in [-0.39, 0.29) is 0 Å². The van der Waals surface area contributed by atoms with Crippen LogP contribution in [0.15, 0.2) is 23.2 Å². The normalized spacial score (nSPS) is 11.7. The molecule has 1 aromatic heterocycles. The fraction of sp³-hybridized carbons (Fsp3) is 0.429. The summed E-state index contributed by atoms with van der Waals surface area (Å²) >= 11 is 0. The van der Waals surface area contributed by atoms with Gasteiger partial charge in [-0.25, -0.2) is 4.99 Å². The zero-order valence-electron chi connectivity index (χ0n) is 12.7. The highest BCUT2D eigenvalue weighted by molar-refractivity contribution is 5.93. The van der Waals surface area contributed by atoms with E-state index < -0.39 is 0 Å². The Balaban J connectivity index is 2.13. The Labute approximate surface area is 124 Å². The first-order valence-corrected chi connectivity index (χ1v) is 7.04. The van der Waals surface area contributed by atoms with Crippen LogP contribution in [0.4, 0.5) is 5.69 Å². The molecule has 0 amide bonds. The highest BCUT2D eigenvalue weighted by atomic mass is 15.6. The first kappa shape index (κ1) is 15.0. The van der Waals surface area contributed by atoms with E-state index >= 15 is 0 Å². The number of hydrogen-bond acceptors (Lipinski definition) is 4. The predicted octanol–water partition coefficient (Wildman–Crippen LogP) is 1.26. The maximum Gasteiger partial charge on any atom is 0.196 e. The van der Waals surface area contributed by atoms with Crippen LogP contribution >= 0.6 is 0 Å². The zero-order valence-corrected chi connectivity index (χ0v) is 12.7. The lowest BCUT2D eigenvalue weighted by Crippen LogP contribution is -2.24. The second-order valence-corrected chi connectivity index (χ2v) is 4.68. The standard InChI is InChI=1S/C14H21N7/c1-4-10-7-6-8-11(5-2)13(10)17-14(15)16-9-12-18-20-21(3)19-12/h6-8H,4-5,9H2,1-3H3,(H3,15,16,17). The van der Waals surface area contributed by atoms with Gasteiger partial charge in [-0.05, 0) is 29.2 Å². The van der Waals surface area contributed by atoms with Gasteiger partial charge < -0.3 is 11.1 Å². The second kappa shape index (κ2) is 6.83. The molecule has 112 valence electrons. The molecule has 2 aromatic rings. The van der Waals surface area contributed by atoms with E-state index in [1.54, 1.807) is 7.05 Å². The van der Waals surface area contributed by atoms with Crippen LogP contribution in [0.1, 0.15) is 30.8 Å². The highest BCUT2D eigenvalue weighted by Crippen LogP contribution is 2.22. The smallest absolute Gasteiger partial charge is 0.196 e. The number of tetrazole rings is 1. The number of anilines is 1. The molecule has 0 bridgehead atoms. The molecule has 0 radical (unpaired) electrons. The van der Waals surface area contributed by atoms with Gasteiger partial charge in [0, 0.05) is 5.69 Å². The molecule has 0 fully saturated rings. The Hall–Kier alpha value is -2.44. The molecule has 2 rings (SSSR count). The predicted molar refractivity (Wildman–Crippen MR) is 82.9 cm³/mol. The van der Waals surface area contributed by atoms with Crippen molar-refractivity contribution in [3.05, 3.63) is 35.2 Å². The van der Waals surface area contributed by atoms with Crippen molar-refractivity contribution in [3.63, 3.8) is 0 Å². The van der Waals surface area contributed by atoms with E-state index in [4.69, 9.17) is 5.73 Å². The molecule has 21 heavy (non-hydrogen) atoms. The van der Waals surface area contributed by atoms with Gasteiger partial charge in [0.25, 0.3) is 0 Å². The molecular weight excluding hydrogens is 266 g/mol.